The Labute approximate surface area is 162 Å². The number of fused-ring (bicyclic) bond motifs is 1. The van der Waals surface area contributed by atoms with E-state index in [4.69, 9.17) is 4.74 Å². The number of amides is 2. The van der Waals surface area contributed by atoms with Gasteiger partial charge in [-0.25, -0.2) is 9.78 Å². The first-order chi connectivity index (χ1) is 13.7. The Hall–Kier alpha value is -3.80. The van der Waals surface area contributed by atoms with Gasteiger partial charge in [-0.15, -0.1) is 0 Å². The Balaban J connectivity index is 1.65. The number of aromatic amines is 1. The van der Waals surface area contributed by atoms with Gasteiger partial charge in [-0.3, -0.25) is 5.32 Å². The lowest BCUT2D eigenvalue weighted by Gasteiger charge is -2.11. The van der Waals surface area contributed by atoms with Gasteiger partial charge < -0.3 is 15.0 Å². The van der Waals surface area contributed by atoms with Crippen LogP contribution in [-0.2, 0) is 0 Å². The third-order valence-electron chi connectivity index (χ3n) is 4.22. The summed E-state index contributed by atoms with van der Waals surface area (Å²) in [4.78, 5) is 19.2. The molecule has 0 saturated heterocycles. The van der Waals surface area contributed by atoms with E-state index in [0.29, 0.717) is 12.5 Å². The Bertz CT molecular complexity index is 1110. The molecule has 2 amide bonds. The molecule has 6 nitrogen and oxygen atoms in total. The molecular weight excluding hydrogens is 352 g/mol. The van der Waals surface area contributed by atoms with Crippen molar-refractivity contribution in [1.82, 2.24) is 15.3 Å². The lowest BCUT2D eigenvalue weighted by Crippen LogP contribution is -2.28. The zero-order chi connectivity index (χ0) is 19.3. The second-order valence-electron chi connectivity index (χ2n) is 6.21. The maximum atomic E-state index is 11.7. The molecule has 1 aromatic heterocycles. The number of benzene rings is 3. The molecule has 3 N–H and O–H groups in total. The highest BCUT2D eigenvalue weighted by molar-refractivity contribution is 5.91. The van der Waals surface area contributed by atoms with E-state index in [1.807, 2.05) is 79.7 Å². The predicted octanol–water partition coefficient (Wildman–Crippen LogP) is 5.16. The fourth-order valence-electron chi connectivity index (χ4n) is 2.96. The lowest BCUT2D eigenvalue weighted by atomic mass is 10.0. The van der Waals surface area contributed by atoms with E-state index in [9.17, 15) is 4.79 Å². The van der Waals surface area contributed by atoms with Crippen molar-refractivity contribution < 1.29 is 9.53 Å². The van der Waals surface area contributed by atoms with Crippen LogP contribution in [0.25, 0.3) is 22.2 Å². The fourth-order valence-corrected chi connectivity index (χ4v) is 2.96. The molecule has 6 heteroatoms. The van der Waals surface area contributed by atoms with Crippen molar-refractivity contribution in [1.29, 1.82) is 0 Å². The number of para-hydroxylation sites is 2. The van der Waals surface area contributed by atoms with Crippen LogP contribution >= 0.6 is 0 Å². The quantitative estimate of drug-likeness (QED) is 0.452. The van der Waals surface area contributed by atoms with E-state index in [1.54, 1.807) is 0 Å². The van der Waals surface area contributed by atoms with Crippen LogP contribution in [0, 0.1) is 0 Å². The van der Waals surface area contributed by atoms with Crippen molar-refractivity contribution in [3.05, 3.63) is 72.8 Å². The van der Waals surface area contributed by atoms with E-state index < -0.39 is 0 Å². The van der Waals surface area contributed by atoms with Crippen LogP contribution in [0.2, 0.25) is 0 Å². The van der Waals surface area contributed by atoms with Gasteiger partial charge in [0.2, 0.25) is 5.95 Å². The number of hydrogen-bond acceptors (Lipinski definition) is 3. The first-order valence-electron chi connectivity index (χ1n) is 9.10. The predicted molar refractivity (Wildman–Crippen MR) is 111 cm³/mol. The molecule has 1 heterocycles. The third kappa shape index (κ3) is 3.81. The molecule has 3 aromatic carbocycles. The largest absolute Gasteiger partial charge is 0.457 e. The van der Waals surface area contributed by atoms with Gasteiger partial charge in [0.05, 0.1) is 11.0 Å². The lowest BCUT2D eigenvalue weighted by molar-refractivity contribution is 0.252. The van der Waals surface area contributed by atoms with Crippen LogP contribution in [-0.4, -0.2) is 22.5 Å². The van der Waals surface area contributed by atoms with E-state index in [2.05, 4.69) is 20.6 Å². The summed E-state index contributed by atoms with van der Waals surface area (Å²) >= 11 is 0. The standard InChI is InChI=1S/C22H20N4O2/c1-2-23-22(27)26-21-24-18-13-12-15(14-19(18)25-21)17-10-6-7-11-20(17)28-16-8-4-3-5-9-16/h3-14H,2H2,1H3,(H3,23,24,25,26,27). The number of H-pyrrole nitrogens is 1. The minimum Gasteiger partial charge on any atom is -0.457 e. The van der Waals surface area contributed by atoms with Crippen LogP contribution < -0.4 is 15.4 Å². The van der Waals surface area contributed by atoms with E-state index in [0.717, 1.165) is 33.7 Å². The summed E-state index contributed by atoms with van der Waals surface area (Å²) in [6.07, 6.45) is 0. The number of nitrogens with one attached hydrogen (secondary N) is 3. The summed E-state index contributed by atoms with van der Waals surface area (Å²) in [6.45, 7) is 2.41. The summed E-state index contributed by atoms with van der Waals surface area (Å²) < 4.78 is 6.07. The number of ether oxygens (including phenoxy) is 1. The van der Waals surface area contributed by atoms with Crippen molar-refractivity contribution in [2.24, 2.45) is 0 Å². The highest BCUT2D eigenvalue weighted by Gasteiger charge is 2.10. The number of nitrogens with zero attached hydrogens (tertiary/aromatic N) is 1. The average Bonchev–Trinajstić information content (AvgIpc) is 3.10. The Morgan fingerprint density at radius 1 is 1.04 bits per heavy atom. The Kier molecular flexibility index (Phi) is 4.93. The van der Waals surface area contributed by atoms with Gasteiger partial charge in [-0.1, -0.05) is 42.5 Å². The third-order valence-corrected chi connectivity index (χ3v) is 4.22. The Morgan fingerprint density at radius 2 is 1.82 bits per heavy atom. The molecule has 0 unspecified atom stereocenters. The maximum absolute atomic E-state index is 11.7. The van der Waals surface area contributed by atoms with Crippen LogP contribution in [0.4, 0.5) is 10.7 Å². The molecule has 0 aliphatic heterocycles. The number of imidazole rings is 1. The van der Waals surface area contributed by atoms with Crippen molar-refractivity contribution in [3.8, 4) is 22.6 Å². The van der Waals surface area contributed by atoms with Gasteiger partial charge in [0.1, 0.15) is 11.5 Å². The van der Waals surface area contributed by atoms with Crippen LogP contribution in [0.15, 0.2) is 72.8 Å². The number of carbonyl (C=O) groups is 1. The molecule has 0 atom stereocenters. The topological polar surface area (TPSA) is 79.0 Å². The zero-order valence-electron chi connectivity index (χ0n) is 15.4. The molecular formula is C22H20N4O2. The molecule has 0 aliphatic rings. The van der Waals surface area contributed by atoms with Crippen molar-refractivity contribution in [2.45, 2.75) is 6.92 Å². The van der Waals surface area contributed by atoms with Crippen LogP contribution in [0.1, 0.15) is 6.92 Å². The highest BCUT2D eigenvalue weighted by atomic mass is 16.5. The summed E-state index contributed by atoms with van der Waals surface area (Å²) in [5.41, 5.74) is 3.57. The second kappa shape index (κ2) is 7.84. The Morgan fingerprint density at radius 3 is 2.64 bits per heavy atom. The second-order valence-corrected chi connectivity index (χ2v) is 6.21. The fraction of sp³-hybridized carbons (Fsp3) is 0.0909. The molecule has 140 valence electrons. The first kappa shape index (κ1) is 17.6. The number of urea groups is 1. The van der Waals surface area contributed by atoms with Gasteiger partial charge >= 0.3 is 6.03 Å². The van der Waals surface area contributed by atoms with Gasteiger partial charge in [0.15, 0.2) is 0 Å². The normalized spacial score (nSPS) is 10.6. The SMILES string of the molecule is CCNC(=O)Nc1nc2ccc(-c3ccccc3Oc3ccccc3)cc2[nH]1. The van der Waals surface area contributed by atoms with Gasteiger partial charge in [0.25, 0.3) is 0 Å². The molecule has 0 aliphatic carbocycles. The summed E-state index contributed by atoms with van der Waals surface area (Å²) in [5, 5.41) is 5.37. The van der Waals surface area contributed by atoms with Crippen molar-refractivity contribution in [2.75, 3.05) is 11.9 Å². The number of aromatic nitrogens is 2. The molecule has 4 rings (SSSR count). The number of rotatable bonds is 5. The van der Waals surface area contributed by atoms with Gasteiger partial charge in [0, 0.05) is 12.1 Å². The number of anilines is 1. The first-order valence-corrected chi connectivity index (χ1v) is 9.10. The average molecular weight is 372 g/mol. The van der Waals surface area contributed by atoms with E-state index in [-0.39, 0.29) is 6.03 Å². The minimum absolute atomic E-state index is 0.289. The van der Waals surface area contributed by atoms with Crippen LogP contribution in [0.5, 0.6) is 11.5 Å². The zero-order valence-corrected chi connectivity index (χ0v) is 15.4. The van der Waals surface area contributed by atoms with Crippen molar-refractivity contribution >= 4 is 23.0 Å². The number of carbonyl (C=O) groups excluding carboxylic acids is 1. The molecule has 4 aromatic rings. The summed E-state index contributed by atoms with van der Waals surface area (Å²) in [5.74, 6) is 1.96. The monoisotopic (exact) mass is 372 g/mol. The minimum atomic E-state index is -0.289. The van der Waals surface area contributed by atoms with E-state index in [1.165, 1.54) is 0 Å². The molecule has 0 radical (unpaired) electrons. The van der Waals surface area contributed by atoms with Crippen LogP contribution in [0.3, 0.4) is 0 Å². The molecule has 0 bridgehead atoms. The van der Waals surface area contributed by atoms with Gasteiger partial charge in [-0.05, 0) is 42.8 Å². The molecule has 0 fully saturated rings. The molecule has 28 heavy (non-hydrogen) atoms. The number of hydrogen-bond donors (Lipinski definition) is 3. The van der Waals surface area contributed by atoms with E-state index >= 15 is 0 Å². The summed E-state index contributed by atoms with van der Waals surface area (Å²) in [6, 6.07) is 23.2. The smallest absolute Gasteiger partial charge is 0.321 e. The highest BCUT2D eigenvalue weighted by Crippen LogP contribution is 2.34. The maximum Gasteiger partial charge on any atom is 0.321 e. The van der Waals surface area contributed by atoms with Crippen molar-refractivity contribution in [3.63, 3.8) is 0 Å². The summed E-state index contributed by atoms with van der Waals surface area (Å²) in [7, 11) is 0. The molecule has 0 spiro atoms. The van der Waals surface area contributed by atoms with Gasteiger partial charge in [-0.2, -0.15) is 0 Å². The molecule has 0 saturated carbocycles.